The first kappa shape index (κ1) is 16.7. The minimum Gasteiger partial charge on any atom is -0.465 e. The summed E-state index contributed by atoms with van der Waals surface area (Å²) in [5.41, 5.74) is 6.74. The van der Waals surface area contributed by atoms with E-state index in [1.807, 2.05) is 6.92 Å². The lowest BCUT2D eigenvalue weighted by molar-refractivity contribution is -0.116. The van der Waals surface area contributed by atoms with Crippen molar-refractivity contribution in [3.8, 4) is 0 Å². The first-order chi connectivity index (χ1) is 10.8. The summed E-state index contributed by atoms with van der Waals surface area (Å²) >= 11 is 0.945. The molecule has 23 heavy (non-hydrogen) atoms. The van der Waals surface area contributed by atoms with E-state index in [1.165, 1.54) is 11.8 Å². The van der Waals surface area contributed by atoms with Crippen molar-refractivity contribution in [3.05, 3.63) is 34.0 Å². The van der Waals surface area contributed by atoms with Gasteiger partial charge < -0.3 is 15.8 Å². The molecule has 122 valence electrons. The number of aromatic nitrogens is 2. The Morgan fingerprint density at radius 2 is 2.09 bits per heavy atom. The van der Waals surface area contributed by atoms with Gasteiger partial charge in [0.2, 0.25) is 5.91 Å². The molecule has 0 aromatic carbocycles. The monoisotopic (exact) mass is 336 g/mol. The van der Waals surface area contributed by atoms with E-state index in [2.05, 4.69) is 10.4 Å². The van der Waals surface area contributed by atoms with E-state index in [9.17, 15) is 14.4 Å². The number of nitrogens with two attached hydrogens (primary N) is 1. The molecule has 0 aliphatic heterocycles. The van der Waals surface area contributed by atoms with Crippen LogP contribution in [-0.2, 0) is 16.1 Å². The van der Waals surface area contributed by atoms with Crippen LogP contribution >= 0.6 is 11.3 Å². The number of rotatable bonds is 5. The maximum atomic E-state index is 12.1. The molecule has 2 aromatic rings. The lowest BCUT2D eigenvalue weighted by atomic mass is 10.1. The number of nitrogens with one attached hydrogen (secondary N) is 1. The number of primary amides is 1. The lowest BCUT2D eigenvalue weighted by Crippen LogP contribution is -2.20. The van der Waals surface area contributed by atoms with Crippen molar-refractivity contribution in [1.82, 2.24) is 9.78 Å². The SMILES string of the molecule is COC(=O)c1c(NC(=O)Cn2cc(C)cn2)sc(C(N)=O)c1C. The summed E-state index contributed by atoms with van der Waals surface area (Å²) in [6.07, 6.45) is 3.35. The average molecular weight is 336 g/mol. The topological polar surface area (TPSA) is 116 Å². The second-order valence-corrected chi connectivity index (χ2v) is 5.90. The molecule has 2 aromatic heterocycles. The second-order valence-electron chi connectivity index (χ2n) is 4.88. The Labute approximate surface area is 136 Å². The van der Waals surface area contributed by atoms with Crippen molar-refractivity contribution in [2.75, 3.05) is 12.4 Å². The molecular formula is C14H16N4O4S. The zero-order valence-corrected chi connectivity index (χ0v) is 13.7. The Balaban J connectivity index is 2.27. The normalized spacial score (nSPS) is 10.4. The van der Waals surface area contributed by atoms with Crippen molar-refractivity contribution in [3.63, 3.8) is 0 Å². The minimum absolute atomic E-state index is 0.0166. The van der Waals surface area contributed by atoms with E-state index >= 15 is 0 Å². The quantitative estimate of drug-likeness (QED) is 0.793. The number of esters is 1. The third-order valence-electron chi connectivity index (χ3n) is 3.08. The summed E-state index contributed by atoms with van der Waals surface area (Å²) in [5.74, 6) is -1.69. The Kier molecular flexibility index (Phi) is 4.80. The largest absolute Gasteiger partial charge is 0.465 e. The van der Waals surface area contributed by atoms with Crippen molar-refractivity contribution in [2.45, 2.75) is 20.4 Å². The number of methoxy groups -OCH3 is 1. The van der Waals surface area contributed by atoms with Gasteiger partial charge in [-0.1, -0.05) is 0 Å². The molecule has 0 aliphatic rings. The van der Waals surface area contributed by atoms with Crippen molar-refractivity contribution in [1.29, 1.82) is 0 Å². The zero-order valence-electron chi connectivity index (χ0n) is 12.9. The average Bonchev–Trinajstić information content (AvgIpc) is 3.02. The minimum atomic E-state index is -0.666. The summed E-state index contributed by atoms with van der Waals surface area (Å²) in [6.45, 7) is 3.42. The lowest BCUT2D eigenvalue weighted by Gasteiger charge is -2.06. The van der Waals surface area contributed by atoms with Crippen LogP contribution in [0.2, 0.25) is 0 Å². The van der Waals surface area contributed by atoms with Crippen LogP contribution in [0.3, 0.4) is 0 Å². The van der Waals surface area contributed by atoms with Crippen LogP contribution in [0.5, 0.6) is 0 Å². The number of hydrogen-bond acceptors (Lipinski definition) is 6. The molecular weight excluding hydrogens is 320 g/mol. The van der Waals surface area contributed by atoms with Crippen LogP contribution in [0.15, 0.2) is 12.4 Å². The van der Waals surface area contributed by atoms with Gasteiger partial charge in [0.05, 0.1) is 23.7 Å². The van der Waals surface area contributed by atoms with E-state index in [0.29, 0.717) is 5.56 Å². The van der Waals surface area contributed by atoms with Crippen molar-refractivity contribution >= 4 is 34.1 Å². The number of hydrogen-bond donors (Lipinski definition) is 2. The predicted octanol–water partition coefficient (Wildman–Crippen LogP) is 1.09. The van der Waals surface area contributed by atoms with Gasteiger partial charge in [0.15, 0.2) is 0 Å². The van der Waals surface area contributed by atoms with E-state index in [4.69, 9.17) is 10.5 Å². The number of amides is 2. The summed E-state index contributed by atoms with van der Waals surface area (Å²) in [4.78, 5) is 35.6. The number of aryl methyl sites for hydroxylation is 1. The molecule has 0 bridgehead atoms. The standard InChI is InChI=1S/C14H16N4O4S/c1-7-4-16-18(5-7)6-9(19)17-13-10(14(21)22-3)8(2)11(23-13)12(15)20/h4-5H,6H2,1-3H3,(H2,15,20)(H,17,19). The fourth-order valence-electron chi connectivity index (χ4n) is 2.05. The Bertz CT molecular complexity index is 778. The predicted molar refractivity (Wildman–Crippen MR) is 84.5 cm³/mol. The van der Waals surface area contributed by atoms with Gasteiger partial charge in [-0.2, -0.15) is 5.10 Å². The molecule has 2 amide bonds. The number of nitrogens with zero attached hydrogens (tertiary/aromatic N) is 2. The number of anilines is 1. The van der Waals surface area contributed by atoms with Crippen LogP contribution in [0.25, 0.3) is 0 Å². The molecule has 0 unspecified atom stereocenters. The maximum absolute atomic E-state index is 12.1. The van der Waals surface area contributed by atoms with Gasteiger partial charge in [-0.05, 0) is 25.0 Å². The fraction of sp³-hybridized carbons (Fsp3) is 0.286. The van der Waals surface area contributed by atoms with Crippen molar-refractivity contribution in [2.24, 2.45) is 5.73 Å². The highest BCUT2D eigenvalue weighted by Crippen LogP contribution is 2.33. The fourth-order valence-corrected chi connectivity index (χ4v) is 3.11. The number of carbonyl (C=O) groups is 3. The smallest absolute Gasteiger partial charge is 0.341 e. The van der Waals surface area contributed by atoms with E-state index in [1.54, 1.807) is 19.3 Å². The van der Waals surface area contributed by atoms with Gasteiger partial charge in [-0.3, -0.25) is 14.3 Å². The van der Waals surface area contributed by atoms with Gasteiger partial charge in [0.25, 0.3) is 5.91 Å². The molecule has 0 atom stereocenters. The first-order valence-electron chi connectivity index (χ1n) is 6.64. The highest BCUT2D eigenvalue weighted by Gasteiger charge is 2.25. The van der Waals surface area contributed by atoms with Crippen LogP contribution < -0.4 is 11.1 Å². The van der Waals surface area contributed by atoms with Gasteiger partial charge in [-0.25, -0.2) is 4.79 Å². The van der Waals surface area contributed by atoms with Crippen LogP contribution in [0.4, 0.5) is 5.00 Å². The summed E-state index contributed by atoms with van der Waals surface area (Å²) < 4.78 is 6.17. The molecule has 0 aliphatic carbocycles. The summed E-state index contributed by atoms with van der Waals surface area (Å²) in [6, 6.07) is 0. The first-order valence-corrected chi connectivity index (χ1v) is 7.45. The Morgan fingerprint density at radius 1 is 1.39 bits per heavy atom. The third kappa shape index (κ3) is 3.57. The van der Waals surface area contributed by atoms with Crippen LogP contribution in [0.1, 0.15) is 31.2 Å². The zero-order chi connectivity index (χ0) is 17.1. The number of ether oxygens (including phenoxy) is 1. The Morgan fingerprint density at radius 3 is 2.61 bits per heavy atom. The number of carbonyl (C=O) groups excluding carboxylic acids is 3. The maximum Gasteiger partial charge on any atom is 0.341 e. The highest BCUT2D eigenvalue weighted by molar-refractivity contribution is 7.18. The highest BCUT2D eigenvalue weighted by atomic mass is 32.1. The Hall–Kier alpha value is -2.68. The van der Waals surface area contributed by atoms with Gasteiger partial charge >= 0.3 is 5.97 Å². The summed E-state index contributed by atoms with van der Waals surface area (Å²) in [5, 5.41) is 6.86. The summed E-state index contributed by atoms with van der Waals surface area (Å²) in [7, 11) is 1.22. The van der Waals surface area contributed by atoms with Crippen LogP contribution in [0, 0.1) is 13.8 Å². The van der Waals surface area contributed by atoms with E-state index in [-0.39, 0.29) is 27.9 Å². The molecule has 8 nitrogen and oxygen atoms in total. The molecule has 9 heteroatoms. The van der Waals surface area contributed by atoms with Gasteiger partial charge in [0, 0.05) is 6.20 Å². The van der Waals surface area contributed by atoms with Crippen LogP contribution in [-0.4, -0.2) is 34.7 Å². The van der Waals surface area contributed by atoms with Gasteiger partial charge in [0.1, 0.15) is 11.5 Å². The van der Waals surface area contributed by atoms with Gasteiger partial charge in [-0.15, -0.1) is 11.3 Å². The molecule has 3 N–H and O–H groups in total. The number of thiophene rings is 1. The molecule has 0 saturated heterocycles. The molecule has 0 radical (unpaired) electrons. The third-order valence-corrected chi connectivity index (χ3v) is 4.30. The molecule has 0 saturated carbocycles. The van der Waals surface area contributed by atoms with E-state index < -0.39 is 11.9 Å². The molecule has 2 heterocycles. The molecule has 0 fully saturated rings. The van der Waals surface area contributed by atoms with Crippen molar-refractivity contribution < 1.29 is 19.1 Å². The molecule has 2 rings (SSSR count). The molecule has 0 spiro atoms. The van der Waals surface area contributed by atoms with E-state index in [0.717, 1.165) is 16.9 Å². The second kappa shape index (κ2) is 6.61.